The molecule has 0 radical (unpaired) electrons. The van der Waals surface area contributed by atoms with Gasteiger partial charge >= 0.3 is 0 Å². The Morgan fingerprint density at radius 1 is 1.33 bits per heavy atom. The summed E-state index contributed by atoms with van der Waals surface area (Å²) in [4.78, 5) is 0. The van der Waals surface area contributed by atoms with Crippen LogP contribution in [-0.2, 0) is 0 Å². The van der Waals surface area contributed by atoms with Crippen LogP contribution < -0.4 is 0 Å². The number of allylic oxidation sites excluding steroid dienone is 4. The van der Waals surface area contributed by atoms with Crippen LogP contribution in [0.3, 0.4) is 0 Å². The molecule has 0 N–H and O–H groups in total. The summed E-state index contributed by atoms with van der Waals surface area (Å²) in [5, 5.41) is 0. The summed E-state index contributed by atoms with van der Waals surface area (Å²) in [5.41, 5.74) is 4.72. The van der Waals surface area contributed by atoms with Crippen LogP contribution in [0.1, 0.15) is 47.0 Å². The molecule has 0 nitrogen and oxygen atoms in total. The molecule has 0 aromatic carbocycles. The molecule has 0 fully saturated rings. The lowest BCUT2D eigenvalue weighted by atomic mass is 9.97. The van der Waals surface area contributed by atoms with Crippen LogP contribution >= 0.6 is 0 Å². The molecule has 1 aliphatic rings. The molecular weight excluding hydrogens is 144 g/mol. The topological polar surface area (TPSA) is 0 Å². The second-order valence-corrected chi connectivity index (χ2v) is 3.89. The van der Waals surface area contributed by atoms with Gasteiger partial charge in [-0.05, 0) is 38.2 Å². The molecular formula is C12H20. The zero-order valence-electron chi connectivity index (χ0n) is 8.78. The molecule has 0 amide bonds. The number of rotatable bonds is 3. The first-order valence-corrected chi connectivity index (χ1v) is 5.05. The molecule has 0 aliphatic heterocycles. The maximum absolute atomic E-state index is 2.39. The summed E-state index contributed by atoms with van der Waals surface area (Å²) >= 11 is 0. The van der Waals surface area contributed by atoms with Crippen LogP contribution in [0.4, 0.5) is 0 Å². The summed E-state index contributed by atoms with van der Waals surface area (Å²) in [6.07, 6.45) is 6.35. The van der Waals surface area contributed by atoms with Gasteiger partial charge in [0.25, 0.3) is 0 Å². The van der Waals surface area contributed by atoms with Crippen molar-refractivity contribution in [3.8, 4) is 0 Å². The monoisotopic (exact) mass is 164 g/mol. The number of hydrogen-bond donors (Lipinski definition) is 0. The standard InChI is InChI=1S/C12H20/c1-5-6-7-12-10(3)8-9(2)11(12)4/h8,10H,5-7H2,1-4H3. The van der Waals surface area contributed by atoms with Gasteiger partial charge in [0.1, 0.15) is 0 Å². The van der Waals surface area contributed by atoms with E-state index in [1.165, 1.54) is 24.8 Å². The van der Waals surface area contributed by atoms with Gasteiger partial charge in [-0.3, -0.25) is 0 Å². The fourth-order valence-corrected chi connectivity index (χ4v) is 1.98. The van der Waals surface area contributed by atoms with Gasteiger partial charge in [0.2, 0.25) is 0 Å². The molecule has 12 heavy (non-hydrogen) atoms. The first kappa shape index (κ1) is 9.57. The van der Waals surface area contributed by atoms with E-state index in [-0.39, 0.29) is 0 Å². The van der Waals surface area contributed by atoms with Crippen molar-refractivity contribution in [3.63, 3.8) is 0 Å². The van der Waals surface area contributed by atoms with Crippen LogP contribution in [0.2, 0.25) is 0 Å². The van der Waals surface area contributed by atoms with Crippen molar-refractivity contribution in [1.82, 2.24) is 0 Å². The van der Waals surface area contributed by atoms with Crippen LogP contribution in [0.5, 0.6) is 0 Å². The van der Waals surface area contributed by atoms with Gasteiger partial charge < -0.3 is 0 Å². The van der Waals surface area contributed by atoms with E-state index in [0.717, 1.165) is 0 Å². The Labute approximate surface area is 76.4 Å². The zero-order valence-corrected chi connectivity index (χ0v) is 8.78. The second kappa shape index (κ2) is 3.93. The van der Waals surface area contributed by atoms with Gasteiger partial charge in [0.15, 0.2) is 0 Å². The molecule has 0 bridgehead atoms. The maximum atomic E-state index is 2.39. The highest BCUT2D eigenvalue weighted by Crippen LogP contribution is 2.33. The zero-order chi connectivity index (χ0) is 9.14. The maximum Gasteiger partial charge on any atom is -0.00400 e. The lowest BCUT2D eigenvalue weighted by Gasteiger charge is -2.08. The molecule has 0 saturated heterocycles. The summed E-state index contributed by atoms with van der Waals surface area (Å²) < 4.78 is 0. The fourth-order valence-electron chi connectivity index (χ4n) is 1.98. The molecule has 0 saturated carbocycles. The number of hydrogen-bond acceptors (Lipinski definition) is 0. The minimum atomic E-state index is 0.705. The fraction of sp³-hybridized carbons (Fsp3) is 0.667. The summed E-state index contributed by atoms with van der Waals surface area (Å²) in [6.45, 7) is 9.06. The van der Waals surface area contributed by atoms with Crippen molar-refractivity contribution in [1.29, 1.82) is 0 Å². The average molecular weight is 164 g/mol. The van der Waals surface area contributed by atoms with Crippen molar-refractivity contribution in [3.05, 3.63) is 22.8 Å². The van der Waals surface area contributed by atoms with E-state index in [9.17, 15) is 0 Å². The molecule has 0 aromatic rings. The lowest BCUT2D eigenvalue weighted by molar-refractivity contribution is 0.718. The van der Waals surface area contributed by atoms with E-state index in [0.29, 0.717) is 5.92 Å². The largest absolute Gasteiger partial charge is 0.0744 e. The third kappa shape index (κ3) is 1.80. The summed E-state index contributed by atoms with van der Waals surface area (Å²) in [7, 11) is 0. The van der Waals surface area contributed by atoms with Gasteiger partial charge in [0.05, 0.1) is 0 Å². The highest BCUT2D eigenvalue weighted by molar-refractivity contribution is 5.41. The molecule has 0 aromatic heterocycles. The lowest BCUT2D eigenvalue weighted by Crippen LogP contribution is -1.93. The molecule has 0 heteroatoms. The van der Waals surface area contributed by atoms with E-state index >= 15 is 0 Å². The van der Waals surface area contributed by atoms with Crippen molar-refractivity contribution in [2.45, 2.75) is 47.0 Å². The third-order valence-electron chi connectivity index (χ3n) is 2.92. The Balaban J connectivity index is 2.65. The predicted molar refractivity (Wildman–Crippen MR) is 55.1 cm³/mol. The molecule has 1 atom stereocenters. The molecule has 1 unspecified atom stereocenters. The highest BCUT2D eigenvalue weighted by atomic mass is 14.2. The number of unbranched alkanes of at least 4 members (excludes halogenated alkanes) is 1. The van der Waals surface area contributed by atoms with Crippen molar-refractivity contribution < 1.29 is 0 Å². The third-order valence-corrected chi connectivity index (χ3v) is 2.92. The highest BCUT2D eigenvalue weighted by Gasteiger charge is 2.16. The van der Waals surface area contributed by atoms with Crippen LogP contribution in [0.25, 0.3) is 0 Å². The summed E-state index contributed by atoms with van der Waals surface area (Å²) in [5.74, 6) is 0.705. The minimum Gasteiger partial charge on any atom is -0.0744 e. The average Bonchev–Trinajstić information content (AvgIpc) is 2.25. The van der Waals surface area contributed by atoms with E-state index in [1.54, 1.807) is 11.1 Å². The summed E-state index contributed by atoms with van der Waals surface area (Å²) in [6, 6.07) is 0. The Bertz CT molecular complexity index is 218. The van der Waals surface area contributed by atoms with Crippen LogP contribution in [0.15, 0.2) is 22.8 Å². The molecule has 0 spiro atoms. The SMILES string of the molecule is CCCCC1=C(C)C(C)=CC1C. The van der Waals surface area contributed by atoms with Crippen molar-refractivity contribution in [2.24, 2.45) is 5.92 Å². The van der Waals surface area contributed by atoms with Gasteiger partial charge in [0, 0.05) is 0 Å². The predicted octanol–water partition coefficient (Wildman–Crippen LogP) is 4.09. The van der Waals surface area contributed by atoms with E-state index in [2.05, 4.69) is 33.8 Å². The first-order chi connectivity index (χ1) is 5.66. The molecule has 1 rings (SSSR count). The first-order valence-electron chi connectivity index (χ1n) is 5.05. The Morgan fingerprint density at radius 3 is 2.42 bits per heavy atom. The Kier molecular flexibility index (Phi) is 3.13. The van der Waals surface area contributed by atoms with Crippen LogP contribution in [0, 0.1) is 5.92 Å². The molecule has 68 valence electrons. The van der Waals surface area contributed by atoms with Gasteiger partial charge in [-0.2, -0.15) is 0 Å². The van der Waals surface area contributed by atoms with Gasteiger partial charge in [-0.1, -0.05) is 37.5 Å². The van der Waals surface area contributed by atoms with E-state index < -0.39 is 0 Å². The van der Waals surface area contributed by atoms with Gasteiger partial charge in [-0.25, -0.2) is 0 Å². The van der Waals surface area contributed by atoms with Gasteiger partial charge in [-0.15, -0.1) is 0 Å². The quantitative estimate of drug-likeness (QED) is 0.589. The smallest absolute Gasteiger partial charge is 0.00400 e. The second-order valence-electron chi connectivity index (χ2n) is 3.89. The normalized spacial score (nSPS) is 23.3. The Hall–Kier alpha value is -0.520. The van der Waals surface area contributed by atoms with Crippen LogP contribution in [-0.4, -0.2) is 0 Å². The Morgan fingerprint density at radius 2 is 2.00 bits per heavy atom. The molecule has 0 heterocycles. The van der Waals surface area contributed by atoms with E-state index in [1.807, 2.05) is 0 Å². The van der Waals surface area contributed by atoms with E-state index in [4.69, 9.17) is 0 Å². The molecule has 1 aliphatic carbocycles. The minimum absolute atomic E-state index is 0.705. The van der Waals surface area contributed by atoms with Crippen molar-refractivity contribution >= 4 is 0 Å². The van der Waals surface area contributed by atoms with Crippen molar-refractivity contribution in [2.75, 3.05) is 0 Å².